The Kier molecular flexibility index (Phi) is 3.92. The summed E-state index contributed by atoms with van der Waals surface area (Å²) >= 11 is 1.58. The van der Waals surface area contributed by atoms with Crippen molar-refractivity contribution in [3.63, 3.8) is 0 Å². The number of thiophene rings is 1. The first-order valence-corrected chi connectivity index (χ1v) is 9.52. The van der Waals surface area contributed by atoms with Gasteiger partial charge in [-0.2, -0.15) is 4.31 Å². The van der Waals surface area contributed by atoms with Crippen LogP contribution < -0.4 is 5.32 Å². The quantitative estimate of drug-likeness (QED) is 0.927. The Balaban J connectivity index is 1.85. The van der Waals surface area contributed by atoms with Gasteiger partial charge in [0.2, 0.25) is 10.0 Å². The Hall–Kier alpha value is -0.430. The molecule has 2 atom stereocenters. The Morgan fingerprint density at radius 2 is 2.00 bits per heavy atom. The Bertz CT molecular complexity index is 582. The number of hydrogen-bond donors (Lipinski definition) is 1. The average molecular weight is 314 g/mol. The SMILES string of the molecule is CNCc1cc(S(=O)(=O)N2CC3CCCC3C2)c(C)s1. The Morgan fingerprint density at radius 3 is 2.60 bits per heavy atom. The third-order valence-corrected chi connectivity index (χ3v) is 7.72. The predicted octanol–water partition coefficient (Wildman–Crippen LogP) is 2.20. The molecule has 1 saturated heterocycles. The van der Waals surface area contributed by atoms with Gasteiger partial charge >= 0.3 is 0 Å². The van der Waals surface area contributed by atoms with Crippen molar-refractivity contribution in [2.75, 3.05) is 20.1 Å². The van der Waals surface area contributed by atoms with E-state index in [0.717, 1.165) is 29.4 Å². The van der Waals surface area contributed by atoms with Crippen LogP contribution in [0.4, 0.5) is 0 Å². The number of aryl methyl sites for hydroxylation is 1. The molecular formula is C14H22N2O2S2. The smallest absolute Gasteiger partial charge is 0.244 e. The molecule has 2 heterocycles. The van der Waals surface area contributed by atoms with Crippen molar-refractivity contribution >= 4 is 21.4 Å². The normalized spacial score (nSPS) is 27.1. The van der Waals surface area contributed by atoms with Gasteiger partial charge in [0.15, 0.2) is 0 Å². The van der Waals surface area contributed by atoms with Crippen molar-refractivity contribution in [3.8, 4) is 0 Å². The molecule has 2 unspecified atom stereocenters. The van der Waals surface area contributed by atoms with Crippen LogP contribution in [0.3, 0.4) is 0 Å². The van der Waals surface area contributed by atoms with E-state index >= 15 is 0 Å². The summed E-state index contributed by atoms with van der Waals surface area (Å²) < 4.78 is 27.4. The van der Waals surface area contributed by atoms with Crippen LogP contribution in [-0.2, 0) is 16.6 Å². The molecule has 3 rings (SSSR count). The van der Waals surface area contributed by atoms with E-state index in [9.17, 15) is 8.42 Å². The van der Waals surface area contributed by atoms with Crippen LogP contribution in [0.5, 0.6) is 0 Å². The number of sulfonamides is 1. The predicted molar refractivity (Wildman–Crippen MR) is 81.4 cm³/mol. The van der Waals surface area contributed by atoms with Gasteiger partial charge in [0.25, 0.3) is 0 Å². The molecule has 112 valence electrons. The van der Waals surface area contributed by atoms with Gasteiger partial charge in [-0.3, -0.25) is 0 Å². The van der Waals surface area contributed by atoms with E-state index in [1.807, 2.05) is 20.0 Å². The summed E-state index contributed by atoms with van der Waals surface area (Å²) in [6.45, 7) is 4.09. The summed E-state index contributed by atoms with van der Waals surface area (Å²) in [5, 5.41) is 3.08. The lowest BCUT2D eigenvalue weighted by atomic mass is 10.0. The molecule has 1 aliphatic heterocycles. The van der Waals surface area contributed by atoms with Crippen LogP contribution in [0.2, 0.25) is 0 Å². The van der Waals surface area contributed by atoms with Crippen molar-refractivity contribution in [2.45, 2.75) is 37.6 Å². The maximum Gasteiger partial charge on any atom is 0.244 e. The second-order valence-electron chi connectivity index (χ2n) is 5.94. The monoisotopic (exact) mass is 314 g/mol. The second kappa shape index (κ2) is 5.40. The molecule has 1 saturated carbocycles. The number of fused-ring (bicyclic) bond motifs is 1. The Labute approximate surface area is 125 Å². The lowest BCUT2D eigenvalue weighted by molar-refractivity contribution is 0.445. The lowest BCUT2D eigenvalue weighted by Crippen LogP contribution is -2.29. The van der Waals surface area contributed by atoms with Gasteiger partial charge in [-0.15, -0.1) is 11.3 Å². The molecule has 0 amide bonds. The van der Waals surface area contributed by atoms with Crippen molar-refractivity contribution in [1.29, 1.82) is 0 Å². The average Bonchev–Trinajstić information content (AvgIpc) is 3.02. The minimum atomic E-state index is -3.29. The molecule has 0 aromatic carbocycles. The van der Waals surface area contributed by atoms with E-state index in [1.54, 1.807) is 15.6 Å². The largest absolute Gasteiger partial charge is 0.315 e. The summed E-state index contributed by atoms with van der Waals surface area (Å²) in [5.74, 6) is 1.20. The van der Waals surface area contributed by atoms with E-state index in [1.165, 1.54) is 19.3 Å². The molecule has 6 heteroatoms. The van der Waals surface area contributed by atoms with E-state index in [4.69, 9.17) is 0 Å². The molecule has 1 N–H and O–H groups in total. The molecule has 2 fully saturated rings. The van der Waals surface area contributed by atoms with Gasteiger partial charge in [-0.1, -0.05) is 6.42 Å². The van der Waals surface area contributed by atoms with Crippen molar-refractivity contribution in [1.82, 2.24) is 9.62 Å². The molecule has 2 aliphatic rings. The van der Waals surface area contributed by atoms with E-state index in [0.29, 0.717) is 16.7 Å². The molecule has 1 aromatic heterocycles. The summed E-state index contributed by atoms with van der Waals surface area (Å²) in [7, 11) is -1.41. The van der Waals surface area contributed by atoms with Crippen LogP contribution in [0.1, 0.15) is 29.0 Å². The first-order valence-electron chi connectivity index (χ1n) is 7.26. The summed E-state index contributed by atoms with van der Waals surface area (Å²) in [6, 6.07) is 1.85. The van der Waals surface area contributed by atoms with Crippen LogP contribution in [0.15, 0.2) is 11.0 Å². The Morgan fingerprint density at radius 1 is 1.35 bits per heavy atom. The van der Waals surface area contributed by atoms with Crippen molar-refractivity contribution in [2.24, 2.45) is 11.8 Å². The van der Waals surface area contributed by atoms with Gasteiger partial charge in [0.05, 0.1) is 4.90 Å². The van der Waals surface area contributed by atoms with Crippen molar-refractivity contribution in [3.05, 3.63) is 15.8 Å². The number of hydrogen-bond acceptors (Lipinski definition) is 4. The highest BCUT2D eigenvalue weighted by atomic mass is 32.2. The third-order valence-electron chi connectivity index (χ3n) is 4.58. The van der Waals surface area contributed by atoms with Crippen molar-refractivity contribution < 1.29 is 8.42 Å². The van der Waals surface area contributed by atoms with Crippen LogP contribution in [0, 0.1) is 18.8 Å². The maximum atomic E-state index is 12.8. The lowest BCUT2D eigenvalue weighted by Gasteiger charge is -2.17. The highest BCUT2D eigenvalue weighted by Crippen LogP contribution is 2.40. The number of nitrogens with one attached hydrogen (secondary N) is 1. The zero-order chi connectivity index (χ0) is 14.3. The maximum absolute atomic E-state index is 12.8. The topological polar surface area (TPSA) is 49.4 Å². The standard InChI is InChI=1S/C14H22N2O2S2/c1-10-14(6-13(19-10)7-15-2)20(17,18)16-8-11-4-3-5-12(11)9-16/h6,11-12,15H,3-5,7-9H2,1-2H3. The molecular weight excluding hydrogens is 292 g/mol. The molecule has 1 aromatic rings. The van der Waals surface area contributed by atoms with Gasteiger partial charge in [-0.05, 0) is 44.7 Å². The first-order chi connectivity index (χ1) is 9.52. The van der Waals surface area contributed by atoms with Gasteiger partial charge in [0, 0.05) is 29.4 Å². The molecule has 0 radical (unpaired) electrons. The highest BCUT2D eigenvalue weighted by molar-refractivity contribution is 7.89. The summed E-state index contributed by atoms with van der Waals surface area (Å²) in [4.78, 5) is 2.52. The second-order valence-corrected chi connectivity index (χ2v) is 9.18. The molecule has 20 heavy (non-hydrogen) atoms. The van der Waals surface area contributed by atoms with Crippen LogP contribution in [-0.4, -0.2) is 32.9 Å². The fraction of sp³-hybridized carbons (Fsp3) is 0.714. The van der Waals surface area contributed by atoms with Gasteiger partial charge < -0.3 is 5.32 Å². The fourth-order valence-electron chi connectivity index (χ4n) is 3.57. The fourth-order valence-corrected chi connectivity index (χ4v) is 6.74. The first kappa shape index (κ1) is 14.5. The molecule has 4 nitrogen and oxygen atoms in total. The summed E-state index contributed by atoms with van der Waals surface area (Å²) in [6.07, 6.45) is 3.67. The van der Waals surface area contributed by atoms with Crippen LogP contribution in [0.25, 0.3) is 0 Å². The summed E-state index contributed by atoms with van der Waals surface area (Å²) in [5.41, 5.74) is 0. The van der Waals surface area contributed by atoms with Gasteiger partial charge in [-0.25, -0.2) is 8.42 Å². The molecule has 0 spiro atoms. The van der Waals surface area contributed by atoms with E-state index in [2.05, 4.69) is 5.32 Å². The van der Waals surface area contributed by atoms with Crippen LogP contribution >= 0.6 is 11.3 Å². The van der Waals surface area contributed by atoms with E-state index < -0.39 is 10.0 Å². The zero-order valence-corrected chi connectivity index (χ0v) is 13.7. The minimum Gasteiger partial charge on any atom is -0.315 e. The van der Waals surface area contributed by atoms with E-state index in [-0.39, 0.29) is 0 Å². The molecule has 0 bridgehead atoms. The third kappa shape index (κ3) is 2.43. The number of nitrogens with zero attached hydrogens (tertiary/aromatic N) is 1. The minimum absolute atomic E-state index is 0.521. The zero-order valence-electron chi connectivity index (χ0n) is 12.1. The van der Waals surface area contributed by atoms with Gasteiger partial charge in [0.1, 0.15) is 0 Å². The number of rotatable bonds is 4. The molecule has 1 aliphatic carbocycles. The highest BCUT2D eigenvalue weighted by Gasteiger charge is 2.42.